The number of urea groups is 1. The van der Waals surface area contributed by atoms with E-state index in [1.54, 1.807) is 6.20 Å². The second kappa shape index (κ2) is 10.0. The van der Waals surface area contributed by atoms with E-state index in [2.05, 4.69) is 45.5 Å². The topological polar surface area (TPSA) is 62.6 Å². The molecule has 0 spiro atoms. The van der Waals surface area contributed by atoms with Crippen molar-refractivity contribution >= 4 is 11.7 Å². The van der Waals surface area contributed by atoms with E-state index in [1.165, 1.54) is 5.56 Å². The van der Waals surface area contributed by atoms with Gasteiger partial charge in [0, 0.05) is 51.7 Å². The Bertz CT molecular complexity index is 964. The molecule has 2 aromatic carbocycles. The Hall–Kier alpha value is -3.48. The van der Waals surface area contributed by atoms with E-state index in [9.17, 15) is 4.79 Å². The fraction of sp³-hybridized carbons (Fsp3) is 0.333. The molecule has 162 valence electrons. The molecule has 0 unspecified atom stereocenters. The Balaban J connectivity index is 1.25. The number of amides is 2. The quantitative estimate of drug-likeness (QED) is 0.638. The third-order valence-corrected chi connectivity index (χ3v) is 5.46. The van der Waals surface area contributed by atoms with Crippen molar-refractivity contribution in [3.05, 3.63) is 78.4 Å². The number of anilines is 1. The number of hydrogen-bond acceptors (Lipinski definition) is 4. The molecule has 2 amide bonds. The van der Waals surface area contributed by atoms with E-state index < -0.39 is 0 Å². The zero-order valence-electron chi connectivity index (χ0n) is 17.9. The van der Waals surface area contributed by atoms with Crippen LogP contribution in [0.15, 0.2) is 67.3 Å². The van der Waals surface area contributed by atoms with Crippen LogP contribution < -0.4 is 15.0 Å². The molecule has 2 heterocycles. The number of carbonyl (C=O) groups excluding carboxylic acids is 1. The van der Waals surface area contributed by atoms with Gasteiger partial charge in [-0.2, -0.15) is 0 Å². The van der Waals surface area contributed by atoms with Crippen LogP contribution >= 0.6 is 0 Å². The number of nitrogens with one attached hydrogen (secondary N) is 1. The highest BCUT2D eigenvalue weighted by Crippen LogP contribution is 2.28. The lowest BCUT2D eigenvalue weighted by molar-refractivity contribution is 0.194. The first kappa shape index (κ1) is 20.8. The summed E-state index contributed by atoms with van der Waals surface area (Å²) in [6.07, 6.45) is 5.54. The molecule has 1 saturated heterocycles. The Morgan fingerprint density at radius 1 is 1.03 bits per heavy atom. The van der Waals surface area contributed by atoms with Crippen molar-refractivity contribution < 1.29 is 9.53 Å². The van der Waals surface area contributed by atoms with Crippen LogP contribution in [0.1, 0.15) is 18.1 Å². The van der Waals surface area contributed by atoms with Crippen LogP contribution in [-0.2, 0) is 13.1 Å². The summed E-state index contributed by atoms with van der Waals surface area (Å²) in [6.45, 7) is 6.92. The predicted molar refractivity (Wildman–Crippen MR) is 121 cm³/mol. The molecule has 0 saturated carbocycles. The van der Waals surface area contributed by atoms with Crippen LogP contribution in [0, 0.1) is 0 Å². The average molecular weight is 420 g/mol. The van der Waals surface area contributed by atoms with Gasteiger partial charge in [-0.25, -0.2) is 9.78 Å². The van der Waals surface area contributed by atoms with Gasteiger partial charge in [0.15, 0.2) is 0 Å². The molecule has 0 atom stereocenters. The number of benzene rings is 2. The Kier molecular flexibility index (Phi) is 6.72. The van der Waals surface area contributed by atoms with Crippen molar-refractivity contribution in [3.8, 4) is 5.75 Å². The number of imidazole rings is 1. The second-order valence-corrected chi connectivity index (χ2v) is 7.59. The monoisotopic (exact) mass is 419 g/mol. The largest absolute Gasteiger partial charge is 0.492 e. The number of ether oxygens (including phenoxy) is 1. The van der Waals surface area contributed by atoms with Crippen LogP contribution in [0.4, 0.5) is 10.5 Å². The standard InChI is InChI=1S/C24H29N5O2/c1-2-31-23-6-4-3-5-22(23)28-13-15-29(16-14-28)24(30)26-17-20-7-9-21(10-8-20)18-27-12-11-25-19-27/h3-12,19H,2,13-18H2,1H3,(H,26,30). The van der Waals surface area contributed by atoms with Crippen molar-refractivity contribution in [1.29, 1.82) is 0 Å². The molecule has 4 rings (SSSR count). The molecule has 1 fully saturated rings. The lowest BCUT2D eigenvalue weighted by Crippen LogP contribution is -2.51. The zero-order chi connectivity index (χ0) is 21.5. The normalized spacial score (nSPS) is 13.8. The summed E-state index contributed by atoms with van der Waals surface area (Å²) < 4.78 is 7.78. The number of aromatic nitrogens is 2. The fourth-order valence-electron chi connectivity index (χ4n) is 3.79. The van der Waals surface area contributed by atoms with Crippen LogP contribution in [0.2, 0.25) is 0 Å². The van der Waals surface area contributed by atoms with Gasteiger partial charge in [-0.1, -0.05) is 36.4 Å². The number of piperazine rings is 1. The molecule has 7 nitrogen and oxygen atoms in total. The van der Waals surface area contributed by atoms with E-state index in [0.29, 0.717) is 26.2 Å². The van der Waals surface area contributed by atoms with Gasteiger partial charge < -0.3 is 24.4 Å². The van der Waals surface area contributed by atoms with Gasteiger partial charge in [0.2, 0.25) is 0 Å². The van der Waals surface area contributed by atoms with E-state index >= 15 is 0 Å². The first-order chi connectivity index (χ1) is 15.2. The van der Waals surface area contributed by atoms with Crippen molar-refractivity contribution in [1.82, 2.24) is 19.8 Å². The molecule has 1 aliphatic rings. The van der Waals surface area contributed by atoms with Crippen LogP contribution in [0.25, 0.3) is 0 Å². The summed E-state index contributed by atoms with van der Waals surface area (Å²) in [7, 11) is 0. The molecular weight excluding hydrogens is 390 g/mol. The number of carbonyl (C=O) groups is 1. The fourth-order valence-corrected chi connectivity index (χ4v) is 3.79. The minimum absolute atomic E-state index is 0.0137. The van der Waals surface area contributed by atoms with Gasteiger partial charge >= 0.3 is 6.03 Å². The summed E-state index contributed by atoms with van der Waals surface area (Å²) in [5, 5.41) is 3.05. The van der Waals surface area contributed by atoms with Gasteiger partial charge in [-0.3, -0.25) is 0 Å². The van der Waals surface area contributed by atoms with Crippen LogP contribution in [0.5, 0.6) is 5.75 Å². The number of para-hydroxylation sites is 2. The lowest BCUT2D eigenvalue weighted by Gasteiger charge is -2.36. The second-order valence-electron chi connectivity index (χ2n) is 7.59. The summed E-state index contributed by atoms with van der Waals surface area (Å²) in [4.78, 5) is 20.9. The molecule has 1 aromatic heterocycles. The Morgan fingerprint density at radius 3 is 2.48 bits per heavy atom. The van der Waals surface area contributed by atoms with Crippen molar-refractivity contribution in [3.63, 3.8) is 0 Å². The smallest absolute Gasteiger partial charge is 0.317 e. The summed E-state index contributed by atoms with van der Waals surface area (Å²) in [6, 6.07) is 16.4. The zero-order valence-corrected chi connectivity index (χ0v) is 17.9. The van der Waals surface area contributed by atoms with Crippen molar-refractivity contribution in [2.24, 2.45) is 0 Å². The SMILES string of the molecule is CCOc1ccccc1N1CCN(C(=O)NCc2ccc(Cn3ccnc3)cc2)CC1. The summed E-state index contributed by atoms with van der Waals surface area (Å²) in [5.74, 6) is 0.902. The minimum Gasteiger partial charge on any atom is -0.492 e. The van der Waals surface area contributed by atoms with E-state index in [1.807, 2.05) is 47.1 Å². The molecule has 1 aliphatic heterocycles. The van der Waals surface area contributed by atoms with Crippen LogP contribution in [0.3, 0.4) is 0 Å². The van der Waals surface area contributed by atoms with Crippen molar-refractivity contribution in [2.75, 3.05) is 37.7 Å². The molecule has 7 heteroatoms. The number of nitrogens with zero attached hydrogens (tertiary/aromatic N) is 4. The highest BCUT2D eigenvalue weighted by molar-refractivity contribution is 5.74. The molecule has 1 N–H and O–H groups in total. The molecular formula is C24H29N5O2. The van der Waals surface area contributed by atoms with E-state index in [-0.39, 0.29) is 6.03 Å². The van der Waals surface area contributed by atoms with E-state index in [0.717, 1.165) is 36.6 Å². The molecule has 0 radical (unpaired) electrons. The highest BCUT2D eigenvalue weighted by atomic mass is 16.5. The number of rotatable bonds is 7. The number of hydrogen-bond donors (Lipinski definition) is 1. The summed E-state index contributed by atoms with van der Waals surface area (Å²) in [5.41, 5.74) is 3.39. The molecule has 3 aromatic rings. The third kappa shape index (κ3) is 5.36. The molecule has 0 bridgehead atoms. The van der Waals surface area contributed by atoms with Gasteiger partial charge in [-0.15, -0.1) is 0 Å². The van der Waals surface area contributed by atoms with Gasteiger partial charge in [-0.05, 0) is 30.2 Å². The highest BCUT2D eigenvalue weighted by Gasteiger charge is 2.22. The Labute approximate surface area is 183 Å². The first-order valence-electron chi connectivity index (χ1n) is 10.8. The Morgan fingerprint density at radius 2 is 1.77 bits per heavy atom. The minimum atomic E-state index is -0.0137. The summed E-state index contributed by atoms with van der Waals surface area (Å²) >= 11 is 0. The average Bonchev–Trinajstić information content (AvgIpc) is 3.32. The van der Waals surface area contributed by atoms with Crippen molar-refractivity contribution in [2.45, 2.75) is 20.0 Å². The lowest BCUT2D eigenvalue weighted by atomic mass is 10.1. The van der Waals surface area contributed by atoms with Crippen LogP contribution in [-0.4, -0.2) is 53.3 Å². The maximum absolute atomic E-state index is 12.6. The van der Waals surface area contributed by atoms with Gasteiger partial charge in [0.25, 0.3) is 0 Å². The molecule has 31 heavy (non-hydrogen) atoms. The molecule has 0 aliphatic carbocycles. The van der Waals surface area contributed by atoms with Gasteiger partial charge in [0.1, 0.15) is 5.75 Å². The predicted octanol–water partition coefficient (Wildman–Crippen LogP) is 3.36. The van der Waals surface area contributed by atoms with Gasteiger partial charge in [0.05, 0.1) is 18.6 Å². The third-order valence-electron chi connectivity index (χ3n) is 5.46. The maximum Gasteiger partial charge on any atom is 0.317 e. The van der Waals surface area contributed by atoms with E-state index in [4.69, 9.17) is 4.74 Å². The maximum atomic E-state index is 12.6. The first-order valence-corrected chi connectivity index (χ1v) is 10.8.